The summed E-state index contributed by atoms with van der Waals surface area (Å²) >= 11 is 0. The molecule has 8 nitrogen and oxygen atoms in total. The molecule has 1 aromatic rings. The van der Waals surface area contributed by atoms with Crippen molar-refractivity contribution in [2.75, 3.05) is 6.61 Å². The van der Waals surface area contributed by atoms with E-state index >= 15 is 0 Å². The van der Waals surface area contributed by atoms with E-state index in [1.807, 2.05) is 0 Å². The maximum atomic E-state index is 12.4. The van der Waals surface area contributed by atoms with Crippen molar-refractivity contribution >= 4 is 11.8 Å². The third-order valence-corrected chi connectivity index (χ3v) is 4.09. The van der Waals surface area contributed by atoms with Crippen LogP contribution in [0.2, 0.25) is 0 Å². The van der Waals surface area contributed by atoms with Crippen LogP contribution in [0.5, 0.6) is 0 Å². The van der Waals surface area contributed by atoms with E-state index < -0.39 is 48.7 Å². The predicted octanol–water partition coefficient (Wildman–Crippen LogP) is -0.682. The quantitative estimate of drug-likeness (QED) is 0.406. The molecule has 0 bridgehead atoms. The highest BCUT2D eigenvalue weighted by Crippen LogP contribution is 2.31. The number of aliphatic carboxylic acids is 1. The molecule has 3 unspecified atom stereocenters. The van der Waals surface area contributed by atoms with Gasteiger partial charge in [-0.1, -0.05) is 30.3 Å². The Morgan fingerprint density at radius 1 is 1.16 bits per heavy atom. The monoisotopic (exact) mass is 352 g/mol. The fraction of sp³-hybridized carbons (Fsp3) is 0.412. The lowest BCUT2D eigenvalue weighted by Crippen LogP contribution is -2.51. The molecule has 5 atom stereocenters. The molecule has 1 heterocycles. The normalized spacial score (nSPS) is 25.4. The maximum Gasteiger partial charge on any atom is 0.370 e. The summed E-state index contributed by atoms with van der Waals surface area (Å²) in [5, 5.41) is 48.0. The molecule has 0 saturated heterocycles. The average Bonchev–Trinajstić information content (AvgIpc) is 2.62. The number of carbonyl (C=O) groups is 2. The molecular formula is C17H20O8. The number of benzene rings is 1. The van der Waals surface area contributed by atoms with Crippen LogP contribution < -0.4 is 0 Å². The molecule has 25 heavy (non-hydrogen) atoms. The third-order valence-electron chi connectivity index (χ3n) is 4.09. The molecular weight excluding hydrogens is 332 g/mol. The number of hydrogen-bond acceptors (Lipinski definition) is 7. The second-order valence-corrected chi connectivity index (χ2v) is 5.81. The predicted molar refractivity (Wildman–Crippen MR) is 84.6 cm³/mol. The first-order valence-electron chi connectivity index (χ1n) is 7.70. The second kappa shape index (κ2) is 8.21. The fourth-order valence-electron chi connectivity index (χ4n) is 2.71. The number of ether oxygens (including phenoxy) is 1. The van der Waals surface area contributed by atoms with Crippen molar-refractivity contribution in [3.63, 3.8) is 0 Å². The van der Waals surface area contributed by atoms with Gasteiger partial charge in [0.1, 0.15) is 18.3 Å². The number of aliphatic hydroxyl groups excluding tert-OH is 4. The van der Waals surface area contributed by atoms with E-state index in [9.17, 15) is 24.9 Å². The van der Waals surface area contributed by atoms with Crippen molar-refractivity contribution in [2.45, 2.75) is 30.8 Å². The molecule has 5 N–H and O–H groups in total. The Labute approximate surface area is 143 Å². The summed E-state index contributed by atoms with van der Waals surface area (Å²) in [7, 11) is 0. The van der Waals surface area contributed by atoms with Crippen LogP contribution in [-0.4, -0.2) is 68.3 Å². The van der Waals surface area contributed by atoms with E-state index in [0.717, 1.165) is 6.08 Å². The zero-order valence-electron chi connectivity index (χ0n) is 13.2. The van der Waals surface area contributed by atoms with Crippen LogP contribution >= 0.6 is 0 Å². The molecule has 1 aliphatic rings. The van der Waals surface area contributed by atoms with Gasteiger partial charge in [0, 0.05) is 17.9 Å². The Morgan fingerprint density at radius 2 is 1.80 bits per heavy atom. The van der Waals surface area contributed by atoms with Gasteiger partial charge in [0.25, 0.3) is 0 Å². The first-order valence-corrected chi connectivity index (χ1v) is 7.70. The van der Waals surface area contributed by atoms with Crippen LogP contribution in [0.4, 0.5) is 0 Å². The summed E-state index contributed by atoms with van der Waals surface area (Å²) in [6, 6.07) is 8.26. The van der Waals surface area contributed by atoms with Gasteiger partial charge in [-0.15, -0.1) is 0 Å². The smallest absolute Gasteiger partial charge is 0.370 e. The van der Waals surface area contributed by atoms with Gasteiger partial charge in [-0.2, -0.15) is 0 Å². The standard InChI is InChI=1S/C17H20O8/c18-8-13(21)15(22)16-10(12(20)7-14(25-16)17(23)24)6-11(19)9-4-2-1-3-5-9/h1-5,7,10,12-13,15-16,18,20-22H,6,8H2,(H,23,24)/t10-,12-,13?,15?,16?/m1/s1. The number of carboxylic acid groups (broad SMARTS) is 1. The minimum absolute atomic E-state index is 0.242. The first-order chi connectivity index (χ1) is 11.8. The average molecular weight is 352 g/mol. The van der Waals surface area contributed by atoms with Crippen LogP contribution in [0.15, 0.2) is 42.2 Å². The van der Waals surface area contributed by atoms with Gasteiger partial charge >= 0.3 is 5.97 Å². The summed E-state index contributed by atoms with van der Waals surface area (Å²) < 4.78 is 5.18. The highest BCUT2D eigenvalue weighted by Gasteiger charge is 2.43. The summed E-state index contributed by atoms with van der Waals surface area (Å²) in [6.45, 7) is -0.789. The molecule has 0 saturated carbocycles. The Kier molecular flexibility index (Phi) is 6.27. The molecule has 136 valence electrons. The Bertz CT molecular complexity index is 641. The van der Waals surface area contributed by atoms with Crippen molar-refractivity contribution < 1.29 is 39.9 Å². The number of aliphatic hydroxyl groups is 4. The molecule has 0 radical (unpaired) electrons. The number of hydrogen-bond donors (Lipinski definition) is 5. The molecule has 1 aliphatic heterocycles. The lowest BCUT2D eigenvalue weighted by Gasteiger charge is -2.37. The molecule has 0 aromatic heterocycles. The second-order valence-electron chi connectivity index (χ2n) is 5.81. The molecule has 0 amide bonds. The molecule has 0 aliphatic carbocycles. The van der Waals surface area contributed by atoms with Gasteiger partial charge in [0.15, 0.2) is 5.78 Å². The molecule has 2 rings (SSSR count). The van der Waals surface area contributed by atoms with Crippen LogP contribution in [0.1, 0.15) is 16.8 Å². The van der Waals surface area contributed by atoms with Gasteiger partial charge in [-0.25, -0.2) is 4.79 Å². The number of carbonyl (C=O) groups excluding carboxylic acids is 1. The van der Waals surface area contributed by atoms with E-state index in [4.69, 9.17) is 14.9 Å². The number of carboxylic acids is 1. The first kappa shape index (κ1) is 19.1. The summed E-state index contributed by atoms with van der Waals surface area (Å²) in [5.41, 5.74) is 0.388. The molecule has 0 spiro atoms. The van der Waals surface area contributed by atoms with Crippen LogP contribution in [-0.2, 0) is 9.53 Å². The van der Waals surface area contributed by atoms with Crippen LogP contribution in [0.3, 0.4) is 0 Å². The van der Waals surface area contributed by atoms with Crippen molar-refractivity contribution in [1.82, 2.24) is 0 Å². The minimum atomic E-state index is -1.68. The SMILES string of the molecule is O=C(O)C1=C[C@@H](O)[C@@H](CC(=O)c2ccccc2)C(C(O)C(O)CO)O1. The lowest BCUT2D eigenvalue weighted by atomic mass is 9.83. The van der Waals surface area contributed by atoms with Crippen LogP contribution in [0.25, 0.3) is 0 Å². The Balaban J connectivity index is 2.27. The van der Waals surface area contributed by atoms with Crippen molar-refractivity contribution in [3.05, 3.63) is 47.7 Å². The number of Topliss-reactive ketones (excluding diaryl/α,β-unsaturated/α-hetero) is 1. The molecule has 0 fully saturated rings. The van der Waals surface area contributed by atoms with E-state index in [1.54, 1.807) is 30.3 Å². The largest absolute Gasteiger partial charge is 0.480 e. The highest BCUT2D eigenvalue weighted by atomic mass is 16.5. The summed E-state index contributed by atoms with van der Waals surface area (Å²) in [4.78, 5) is 23.5. The summed E-state index contributed by atoms with van der Waals surface area (Å²) in [6.07, 6.45) is -5.34. The topological polar surface area (TPSA) is 145 Å². The van der Waals surface area contributed by atoms with E-state index in [1.165, 1.54) is 0 Å². The Morgan fingerprint density at radius 3 is 2.36 bits per heavy atom. The van der Waals surface area contributed by atoms with E-state index in [-0.39, 0.29) is 12.2 Å². The minimum Gasteiger partial charge on any atom is -0.480 e. The van der Waals surface area contributed by atoms with E-state index in [2.05, 4.69) is 0 Å². The van der Waals surface area contributed by atoms with Gasteiger partial charge in [-0.3, -0.25) is 4.79 Å². The maximum absolute atomic E-state index is 12.4. The van der Waals surface area contributed by atoms with E-state index in [0.29, 0.717) is 5.56 Å². The van der Waals surface area contributed by atoms with Crippen molar-refractivity contribution in [1.29, 1.82) is 0 Å². The molecule has 8 heteroatoms. The fourth-order valence-corrected chi connectivity index (χ4v) is 2.71. The zero-order valence-corrected chi connectivity index (χ0v) is 13.2. The number of rotatable bonds is 7. The lowest BCUT2D eigenvalue weighted by molar-refractivity contribution is -0.152. The highest BCUT2D eigenvalue weighted by molar-refractivity contribution is 5.96. The van der Waals surface area contributed by atoms with Gasteiger partial charge in [0.2, 0.25) is 5.76 Å². The zero-order chi connectivity index (χ0) is 18.6. The Hall–Kier alpha value is -2.26. The van der Waals surface area contributed by atoms with Gasteiger partial charge in [-0.05, 0) is 6.08 Å². The summed E-state index contributed by atoms with van der Waals surface area (Å²) in [5.74, 6) is -3.38. The van der Waals surface area contributed by atoms with Crippen molar-refractivity contribution in [2.24, 2.45) is 5.92 Å². The van der Waals surface area contributed by atoms with Crippen molar-refractivity contribution in [3.8, 4) is 0 Å². The van der Waals surface area contributed by atoms with Gasteiger partial charge in [0.05, 0.1) is 12.7 Å². The van der Waals surface area contributed by atoms with Crippen LogP contribution in [0, 0.1) is 5.92 Å². The number of ketones is 1. The third kappa shape index (κ3) is 4.43. The molecule has 1 aromatic carbocycles. The van der Waals surface area contributed by atoms with Gasteiger partial charge < -0.3 is 30.3 Å².